The summed E-state index contributed by atoms with van der Waals surface area (Å²) < 4.78 is 0. The second kappa shape index (κ2) is 7.23. The van der Waals surface area contributed by atoms with Gasteiger partial charge in [0.05, 0.1) is 0 Å². The molecule has 1 aromatic rings. The SMILES string of the molecule is CCC(CC)CNc1cc(CNC)ccn1. The van der Waals surface area contributed by atoms with Crippen LogP contribution in [0.4, 0.5) is 5.82 Å². The van der Waals surface area contributed by atoms with Crippen molar-refractivity contribution in [1.29, 1.82) is 0 Å². The van der Waals surface area contributed by atoms with E-state index in [1.807, 2.05) is 19.3 Å². The Morgan fingerprint density at radius 1 is 1.31 bits per heavy atom. The molecule has 3 heteroatoms. The molecule has 0 unspecified atom stereocenters. The van der Waals surface area contributed by atoms with E-state index in [0.717, 1.165) is 24.8 Å². The van der Waals surface area contributed by atoms with Crippen molar-refractivity contribution in [3.05, 3.63) is 23.9 Å². The number of anilines is 1. The van der Waals surface area contributed by atoms with Crippen molar-refractivity contribution in [1.82, 2.24) is 10.3 Å². The maximum atomic E-state index is 4.32. The first kappa shape index (κ1) is 13.0. The molecule has 0 spiro atoms. The molecule has 0 bridgehead atoms. The van der Waals surface area contributed by atoms with E-state index < -0.39 is 0 Å². The summed E-state index contributed by atoms with van der Waals surface area (Å²) in [6, 6.07) is 4.15. The fourth-order valence-corrected chi connectivity index (χ4v) is 1.71. The third-order valence-corrected chi connectivity index (χ3v) is 2.93. The summed E-state index contributed by atoms with van der Waals surface area (Å²) in [6.45, 7) is 6.38. The monoisotopic (exact) mass is 221 g/mol. The zero-order valence-corrected chi connectivity index (χ0v) is 10.6. The lowest BCUT2D eigenvalue weighted by atomic mass is 10.0. The lowest BCUT2D eigenvalue weighted by Crippen LogP contribution is -2.14. The van der Waals surface area contributed by atoms with Crippen molar-refractivity contribution in [2.75, 3.05) is 18.9 Å². The number of pyridine rings is 1. The van der Waals surface area contributed by atoms with Gasteiger partial charge in [-0.1, -0.05) is 26.7 Å². The highest BCUT2D eigenvalue weighted by atomic mass is 15.0. The predicted octanol–water partition coefficient (Wildman–Crippen LogP) is 2.65. The summed E-state index contributed by atoms with van der Waals surface area (Å²) in [7, 11) is 1.96. The Morgan fingerprint density at radius 2 is 2.06 bits per heavy atom. The van der Waals surface area contributed by atoms with Gasteiger partial charge >= 0.3 is 0 Å². The van der Waals surface area contributed by atoms with Crippen LogP contribution < -0.4 is 10.6 Å². The van der Waals surface area contributed by atoms with E-state index in [9.17, 15) is 0 Å². The zero-order valence-electron chi connectivity index (χ0n) is 10.6. The van der Waals surface area contributed by atoms with Gasteiger partial charge in [0.15, 0.2) is 0 Å². The Labute approximate surface area is 98.7 Å². The van der Waals surface area contributed by atoms with E-state index >= 15 is 0 Å². The summed E-state index contributed by atoms with van der Waals surface area (Å²) >= 11 is 0. The van der Waals surface area contributed by atoms with Crippen molar-refractivity contribution in [2.24, 2.45) is 5.92 Å². The highest BCUT2D eigenvalue weighted by Crippen LogP contribution is 2.11. The molecule has 0 aliphatic carbocycles. The molecule has 1 rings (SSSR count). The Morgan fingerprint density at radius 3 is 2.69 bits per heavy atom. The summed E-state index contributed by atoms with van der Waals surface area (Å²) in [4.78, 5) is 4.32. The normalized spacial score (nSPS) is 10.8. The number of nitrogens with zero attached hydrogens (tertiary/aromatic N) is 1. The van der Waals surface area contributed by atoms with Crippen LogP contribution in [0.1, 0.15) is 32.3 Å². The predicted molar refractivity (Wildman–Crippen MR) is 69.6 cm³/mol. The number of rotatable bonds is 7. The number of nitrogens with one attached hydrogen (secondary N) is 2. The lowest BCUT2D eigenvalue weighted by molar-refractivity contribution is 0.518. The number of aromatic nitrogens is 1. The minimum atomic E-state index is 0.745. The average Bonchev–Trinajstić information content (AvgIpc) is 2.31. The van der Waals surface area contributed by atoms with E-state index in [2.05, 4.69) is 35.5 Å². The van der Waals surface area contributed by atoms with Gasteiger partial charge in [-0.25, -0.2) is 4.98 Å². The molecule has 3 nitrogen and oxygen atoms in total. The maximum absolute atomic E-state index is 4.32. The zero-order chi connectivity index (χ0) is 11.8. The van der Waals surface area contributed by atoms with Gasteiger partial charge in [-0.3, -0.25) is 0 Å². The maximum Gasteiger partial charge on any atom is 0.126 e. The topological polar surface area (TPSA) is 37.0 Å². The van der Waals surface area contributed by atoms with Crippen molar-refractivity contribution < 1.29 is 0 Å². The summed E-state index contributed by atoms with van der Waals surface area (Å²) in [5.74, 6) is 1.73. The second-order valence-electron chi connectivity index (χ2n) is 4.14. The van der Waals surface area contributed by atoms with Crippen LogP contribution in [-0.2, 0) is 6.54 Å². The standard InChI is InChI=1S/C13H23N3/c1-4-11(5-2)10-16-13-8-12(9-14-3)6-7-15-13/h6-8,11,14H,4-5,9-10H2,1-3H3,(H,15,16). The molecule has 0 saturated carbocycles. The van der Waals surface area contributed by atoms with Gasteiger partial charge in [-0.15, -0.1) is 0 Å². The molecular weight excluding hydrogens is 198 g/mol. The van der Waals surface area contributed by atoms with Crippen LogP contribution >= 0.6 is 0 Å². The molecule has 0 aliphatic heterocycles. The van der Waals surface area contributed by atoms with Crippen molar-refractivity contribution in [3.8, 4) is 0 Å². The molecule has 2 N–H and O–H groups in total. The fourth-order valence-electron chi connectivity index (χ4n) is 1.71. The Balaban J connectivity index is 2.49. The van der Waals surface area contributed by atoms with Gasteiger partial charge in [0.2, 0.25) is 0 Å². The van der Waals surface area contributed by atoms with E-state index in [1.54, 1.807) is 0 Å². The van der Waals surface area contributed by atoms with Crippen LogP contribution in [-0.4, -0.2) is 18.6 Å². The Bertz CT molecular complexity index is 295. The highest BCUT2D eigenvalue weighted by Gasteiger charge is 2.03. The smallest absolute Gasteiger partial charge is 0.126 e. The van der Waals surface area contributed by atoms with Crippen molar-refractivity contribution in [3.63, 3.8) is 0 Å². The van der Waals surface area contributed by atoms with E-state index in [0.29, 0.717) is 0 Å². The minimum Gasteiger partial charge on any atom is -0.370 e. The van der Waals surface area contributed by atoms with Crippen LogP contribution in [0.25, 0.3) is 0 Å². The van der Waals surface area contributed by atoms with E-state index in [4.69, 9.17) is 0 Å². The van der Waals surface area contributed by atoms with Gasteiger partial charge in [-0.05, 0) is 30.7 Å². The molecule has 0 amide bonds. The third kappa shape index (κ3) is 4.19. The van der Waals surface area contributed by atoms with Gasteiger partial charge in [0, 0.05) is 19.3 Å². The first-order valence-electron chi connectivity index (χ1n) is 6.13. The quantitative estimate of drug-likeness (QED) is 0.743. The van der Waals surface area contributed by atoms with E-state index in [1.165, 1.54) is 18.4 Å². The van der Waals surface area contributed by atoms with Crippen LogP contribution in [0.15, 0.2) is 18.3 Å². The molecule has 0 fully saturated rings. The molecular formula is C13H23N3. The lowest BCUT2D eigenvalue weighted by Gasteiger charge is -2.14. The minimum absolute atomic E-state index is 0.745. The molecule has 0 aromatic carbocycles. The first-order chi connectivity index (χ1) is 7.80. The molecule has 1 aromatic heterocycles. The second-order valence-corrected chi connectivity index (χ2v) is 4.14. The van der Waals surface area contributed by atoms with Crippen LogP contribution in [0, 0.1) is 5.92 Å². The number of hydrogen-bond donors (Lipinski definition) is 2. The molecule has 90 valence electrons. The molecule has 16 heavy (non-hydrogen) atoms. The Hall–Kier alpha value is -1.09. The van der Waals surface area contributed by atoms with Gasteiger partial charge in [0.1, 0.15) is 5.82 Å². The summed E-state index contributed by atoms with van der Waals surface area (Å²) in [6.07, 6.45) is 4.31. The summed E-state index contributed by atoms with van der Waals surface area (Å²) in [5, 5.41) is 6.55. The third-order valence-electron chi connectivity index (χ3n) is 2.93. The molecule has 0 atom stereocenters. The average molecular weight is 221 g/mol. The molecule has 1 heterocycles. The van der Waals surface area contributed by atoms with Gasteiger partial charge < -0.3 is 10.6 Å². The molecule has 0 saturated heterocycles. The Kier molecular flexibility index (Phi) is 5.86. The van der Waals surface area contributed by atoms with Crippen LogP contribution in [0.5, 0.6) is 0 Å². The van der Waals surface area contributed by atoms with E-state index in [-0.39, 0.29) is 0 Å². The number of hydrogen-bond acceptors (Lipinski definition) is 3. The van der Waals surface area contributed by atoms with Gasteiger partial charge in [-0.2, -0.15) is 0 Å². The first-order valence-corrected chi connectivity index (χ1v) is 6.13. The van der Waals surface area contributed by atoms with Crippen LogP contribution in [0.3, 0.4) is 0 Å². The van der Waals surface area contributed by atoms with Gasteiger partial charge in [0.25, 0.3) is 0 Å². The van der Waals surface area contributed by atoms with Crippen LogP contribution in [0.2, 0.25) is 0 Å². The molecule has 0 aliphatic rings. The van der Waals surface area contributed by atoms with Crippen molar-refractivity contribution >= 4 is 5.82 Å². The largest absolute Gasteiger partial charge is 0.370 e. The fraction of sp³-hybridized carbons (Fsp3) is 0.615. The highest BCUT2D eigenvalue weighted by molar-refractivity contribution is 5.37. The van der Waals surface area contributed by atoms with Crippen molar-refractivity contribution in [2.45, 2.75) is 33.2 Å². The molecule has 0 radical (unpaired) electrons. The summed E-state index contributed by atoms with van der Waals surface area (Å²) in [5.41, 5.74) is 1.27.